The highest BCUT2D eigenvalue weighted by molar-refractivity contribution is 6.04. The second kappa shape index (κ2) is 5.24. The van der Waals surface area contributed by atoms with Crippen LogP contribution in [0.4, 0.5) is 5.69 Å². The molecule has 0 aliphatic carbocycles. The molecule has 0 saturated carbocycles. The van der Waals surface area contributed by atoms with Crippen molar-refractivity contribution in [2.75, 3.05) is 6.54 Å². The number of rotatable bonds is 4. The topological polar surface area (TPSA) is 32.0 Å². The van der Waals surface area contributed by atoms with Crippen molar-refractivity contribution in [2.45, 2.75) is 19.8 Å². The zero-order valence-electron chi connectivity index (χ0n) is 12.5. The minimum absolute atomic E-state index is 0.684. The summed E-state index contributed by atoms with van der Waals surface area (Å²) >= 11 is 0. The molecule has 1 aromatic carbocycles. The molecule has 108 valence electrons. The van der Waals surface area contributed by atoms with Crippen LogP contribution < -0.4 is 0 Å². The van der Waals surface area contributed by atoms with E-state index < -0.39 is 0 Å². The van der Waals surface area contributed by atoms with E-state index in [1.165, 1.54) is 12.8 Å². The van der Waals surface area contributed by atoms with E-state index >= 15 is 0 Å². The molecule has 0 amide bonds. The van der Waals surface area contributed by atoms with E-state index in [1.54, 1.807) is 6.20 Å². The third-order valence-corrected chi connectivity index (χ3v) is 3.89. The molecule has 1 aliphatic rings. The lowest BCUT2D eigenvalue weighted by atomic mass is 10.2. The summed E-state index contributed by atoms with van der Waals surface area (Å²) in [6.45, 7) is 3.20. The van der Waals surface area contributed by atoms with Gasteiger partial charge in [-0.15, -0.1) is 0 Å². The predicted molar refractivity (Wildman–Crippen MR) is 85.6 cm³/mol. The molecule has 4 rings (SSSR count). The van der Waals surface area contributed by atoms with Crippen molar-refractivity contribution in [3.05, 3.63) is 48.9 Å². The third-order valence-electron chi connectivity index (χ3n) is 3.89. The Bertz CT molecular complexity index is 959. The second-order valence-corrected chi connectivity index (χ2v) is 5.45. The van der Waals surface area contributed by atoms with Crippen LogP contribution in [0.5, 0.6) is 0 Å². The van der Waals surface area contributed by atoms with Gasteiger partial charge < -0.3 is 4.42 Å². The van der Waals surface area contributed by atoms with Gasteiger partial charge in [0.25, 0.3) is 6.20 Å². The van der Waals surface area contributed by atoms with Crippen LogP contribution in [0.15, 0.2) is 53.3 Å². The fraction of sp³-hybridized carbons (Fsp3) is 0.222. The number of hydrogen-bond acceptors (Lipinski definition) is 2. The van der Waals surface area contributed by atoms with Gasteiger partial charge in [0.05, 0.1) is 0 Å². The highest BCUT2D eigenvalue weighted by Crippen LogP contribution is 2.30. The van der Waals surface area contributed by atoms with Crippen LogP contribution in [0, 0.1) is 0 Å². The van der Waals surface area contributed by atoms with Crippen LogP contribution in [-0.2, 0) is 0 Å². The molecule has 0 radical (unpaired) electrons. The minimum atomic E-state index is 0.684. The van der Waals surface area contributed by atoms with Crippen LogP contribution in [0.3, 0.4) is 0 Å². The summed E-state index contributed by atoms with van der Waals surface area (Å²) < 4.78 is 9.88. The molecule has 22 heavy (non-hydrogen) atoms. The molecule has 4 nitrogen and oxygen atoms in total. The molecule has 0 fully saturated rings. The molecule has 4 heteroatoms. The standard InChI is InChI=1S/C18H17N3O/c1-2-3-9-20-10-11-21(13-20)14-6-7-17-16(12-14)15-5-4-8-19-18(15)22-17/h4-8,10-12H,2-3,9H2,1H3/q+2. The van der Waals surface area contributed by atoms with E-state index in [2.05, 4.69) is 34.8 Å². The Kier molecular flexibility index (Phi) is 3.10. The summed E-state index contributed by atoms with van der Waals surface area (Å²) in [5, 5.41) is 2.13. The van der Waals surface area contributed by atoms with Crippen LogP contribution >= 0.6 is 0 Å². The highest BCUT2D eigenvalue weighted by Gasteiger charge is 2.20. The van der Waals surface area contributed by atoms with Gasteiger partial charge in [0, 0.05) is 35.5 Å². The van der Waals surface area contributed by atoms with E-state index in [-0.39, 0.29) is 0 Å². The predicted octanol–water partition coefficient (Wildman–Crippen LogP) is 4.10. The van der Waals surface area contributed by atoms with Gasteiger partial charge in [-0.25, -0.2) is 4.98 Å². The van der Waals surface area contributed by atoms with Gasteiger partial charge in [0.2, 0.25) is 17.6 Å². The lowest BCUT2D eigenvalue weighted by Gasteiger charge is -1.90. The number of furan rings is 1. The Hall–Kier alpha value is -2.71. The van der Waals surface area contributed by atoms with Crippen molar-refractivity contribution >= 4 is 33.8 Å². The van der Waals surface area contributed by atoms with Crippen molar-refractivity contribution in [1.29, 1.82) is 0 Å². The van der Waals surface area contributed by atoms with Crippen LogP contribution in [0.25, 0.3) is 22.1 Å². The average molecular weight is 291 g/mol. The van der Waals surface area contributed by atoms with Crippen molar-refractivity contribution in [2.24, 2.45) is 0 Å². The summed E-state index contributed by atoms with van der Waals surface area (Å²) in [7, 11) is 0. The van der Waals surface area contributed by atoms with Crippen LogP contribution in [-0.4, -0.2) is 26.7 Å². The van der Waals surface area contributed by atoms with E-state index in [9.17, 15) is 0 Å². The molecule has 0 bridgehead atoms. The minimum Gasteiger partial charge on any atom is -0.438 e. The van der Waals surface area contributed by atoms with E-state index in [1.807, 2.05) is 35.0 Å². The molecule has 3 aromatic rings. The smallest absolute Gasteiger partial charge is 0.438 e. The Morgan fingerprint density at radius 2 is 2.14 bits per heavy atom. The van der Waals surface area contributed by atoms with Gasteiger partial charge in [-0.05, 0) is 18.2 Å². The van der Waals surface area contributed by atoms with E-state index in [4.69, 9.17) is 4.42 Å². The molecule has 2 aromatic heterocycles. The SMILES string of the molecule is CCCC[N+]1=C=[N+](c2ccc3oc4ncccc4c3c2)C=C1. The maximum atomic E-state index is 5.77. The first-order valence-electron chi connectivity index (χ1n) is 7.63. The van der Waals surface area contributed by atoms with Crippen molar-refractivity contribution in [1.82, 2.24) is 4.98 Å². The fourth-order valence-electron chi connectivity index (χ4n) is 2.70. The maximum Gasteiger partial charge on any atom is 0.495 e. The first-order chi connectivity index (χ1) is 10.8. The average Bonchev–Trinajstić information content (AvgIpc) is 3.16. The molecule has 0 spiro atoms. The number of aromatic nitrogens is 1. The van der Waals surface area contributed by atoms with Gasteiger partial charge in [-0.2, -0.15) is 0 Å². The largest absolute Gasteiger partial charge is 0.495 e. The fourth-order valence-corrected chi connectivity index (χ4v) is 2.70. The van der Waals surface area contributed by atoms with Crippen LogP contribution in [0.1, 0.15) is 19.8 Å². The zero-order valence-corrected chi connectivity index (χ0v) is 12.5. The zero-order chi connectivity index (χ0) is 14.9. The van der Waals surface area contributed by atoms with Crippen molar-refractivity contribution in [3.63, 3.8) is 0 Å². The summed E-state index contributed by atoms with van der Waals surface area (Å²) in [5.74, 6) is 0. The molecule has 0 N–H and O–H groups in total. The molecule has 0 atom stereocenters. The van der Waals surface area contributed by atoms with E-state index in [0.29, 0.717) is 5.71 Å². The number of hydrogen-bond donors (Lipinski definition) is 0. The van der Waals surface area contributed by atoms with Gasteiger partial charge in [0.1, 0.15) is 5.58 Å². The quantitative estimate of drug-likeness (QED) is 0.678. The maximum absolute atomic E-state index is 5.77. The molecule has 0 saturated heterocycles. The highest BCUT2D eigenvalue weighted by atomic mass is 16.3. The molecule has 0 unspecified atom stereocenters. The van der Waals surface area contributed by atoms with Gasteiger partial charge in [-0.1, -0.05) is 22.5 Å². The lowest BCUT2D eigenvalue weighted by Crippen LogP contribution is -2.02. The van der Waals surface area contributed by atoms with Crippen molar-refractivity contribution < 1.29 is 13.6 Å². The number of benzene rings is 1. The molecular formula is C18H17N3O+2. The van der Waals surface area contributed by atoms with Gasteiger partial charge >= 0.3 is 6.01 Å². The molecule has 3 heterocycles. The normalized spacial score (nSPS) is 13.9. The van der Waals surface area contributed by atoms with Gasteiger partial charge in [-0.3, -0.25) is 0 Å². The first-order valence-corrected chi connectivity index (χ1v) is 7.63. The Labute approximate surface area is 128 Å². The van der Waals surface area contributed by atoms with Gasteiger partial charge in [0.15, 0.2) is 6.54 Å². The second-order valence-electron chi connectivity index (χ2n) is 5.45. The monoisotopic (exact) mass is 291 g/mol. The molecule has 1 aliphatic heterocycles. The van der Waals surface area contributed by atoms with E-state index in [0.717, 1.165) is 28.6 Å². The Morgan fingerprint density at radius 1 is 1.18 bits per heavy atom. The third kappa shape index (κ3) is 2.14. The van der Waals surface area contributed by atoms with Crippen LogP contribution in [0.2, 0.25) is 0 Å². The number of fused-ring (bicyclic) bond motifs is 3. The summed E-state index contributed by atoms with van der Waals surface area (Å²) in [5.41, 5.74) is 2.63. The number of pyridine rings is 1. The summed E-state index contributed by atoms with van der Waals surface area (Å²) in [6.07, 6.45) is 8.21. The lowest BCUT2D eigenvalue weighted by molar-refractivity contribution is -0.460. The van der Waals surface area contributed by atoms with Crippen molar-refractivity contribution in [3.8, 4) is 0 Å². The molecular weight excluding hydrogens is 274 g/mol. The Morgan fingerprint density at radius 3 is 3.05 bits per heavy atom. The summed E-state index contributed by atoms with van der Waals surface area (Å²) in [4.78, 5) is 4.27. The number of unbranched alkanes of at least 4 members (excludes halogenated alkanes) is 1. The summed E-state index contributed by atoms with van der Waals surface area (Å²) in [6, 6.07) is 13.5. The number of nitrogens with zero attached hydrogens (tertiary/aromatic N) is 3. The first kappa shape index (κ1) is 13.0. The Balaban J connectivity index is 1.82.